The summed E-state index contributed by atoms with van der Waals surface area (Å²) in [5.74, 6) is 0.647. The van der Waals surface area contributed by atoms with Gasteiger partial charge in [0.05, 0.1) is 0 Å². The van der Waals surface area contributed by atoms with Gasteiger partial charge in [0, 0.05) is 0 Å². The Labute approximate surface area is 82.3 Å². The molecule has 0 saturated carbocycles. The summed E-state index contributed by atoms with van der Waals surface area (Å²) >= 11 is 0. The summed E-state index contributed by atoms with van der Waals surface area (Å²) in [6.07, 6.45) is 0. The molecule has 0 aliphatic heterocycles. The van der Waals surface area contributed by atoms with E-state index in [1.807, 2.05) is 0 Å². The molecule has 0 aliphatic rings. The number of hydrogen-bond acceptors (Lipinski definition) is 0. The summed E-state index contributed by atoms with van der Waals surface area (Å²) in [4.78, 5) is 0. The second kappa shape index (κ2) is 5.58. The summed E-state index contributed by atoms with van der Waals surface area (Å²) in [5.41, 5.74) is 4.22. The van der Waals surface area contributed by atoms with Crippen LogP contribution < -0.4 is 0 Å². The maximum Gasteiger partial charge on any atom is -0.0219 e. The Kier molecular flexibility index (Phi) is 5.13. The van der Waals surface area contributed by atoms with Crippen molar-refractivity contribution in [3.05, 3.63) is 48.0 Å². The zero-order chi connectivity index (χ0) is 10.4. The van der Waals surface area contributed by atoms with Gasteiger partial charge in [-0.05, 0) is 36.5 Å². The molecule has 13 heavy (non-hydrogen) atoms. The molecule has 1 rings (SSSR count). The quantitative estimate of drug-likeness (QED) is 0.562. The first-order chi connectivity index (χ1) is 6.11. The Morgan fingerprint density at radius 2 is 1.54 bits per heavy atom. The largest absolute Gasteiger partial charge is 0.106 e. The van der Waals surface area contributed by atoms with Gasteiger partial charge in [-0.2, -0.15) is 0 Å². The van der Waals surface area contributed by atoms with Crippen LogP contribution in [-0.4, -0.2) is 0 Å². The molecule has 0 aliphatic carbocycles. The Balaban J connectivity index is 0.000000671. The Morgan fingerprint density at radius 1 is 1.00 bits per heavy atom. The zero-order valence-electron chi connectivity index (χ0n) is 9.22. The summed E-state index contributed by atoms with van der Waals surface area (Å²) in [5, 5.41) is 0. The van der Waals surface area contributed by atoms with Crippen molar-refractivity contribution < 1.29 is 0 Å². The minimum atomic E-state index is 0.647. The number of aryl methyl sites for hydroxylation is 2. The molecule has 1 aromatic rings. The first kappa shape index (κ1) is 12.0. The lowest BCUT2D eigenvalue weighted by molar-refractivity contribution is 0.864. The highest BCUT2D eigenvalue weighted by atomic mass is 14.0. The van der Waals surface area contributed by atoms with Crippen molar-refractivity contribution in [1.29, 1.82) is 0 Å². The van der Waals surface area contributed by atoms with Crippen LogP contribution in [0, 0.1) is 13.8 Å². The Morgan fingerprint density at radius 3 is 1.92 bits per heavy atom. The molecule has 0 bridgehead atoms. The standard InChI is InChI=1S/C11H16.C2H4/c1-8(2)11-6-5-9(3)10(4)7-11;1-2/h5-8H,1-4H3;1-2H2. The van der Waals surface area contributed by atoms with Gasteiger partial charge in [0.25, 0.3) is 0 Å². The van der Waals surface area contributed by atoms with E-state index in [2.05, 4.69) is 59.1 Å². The van der Waals surface area contributed by atoms with Crippen molar-refractivity contribution in [1.82, 2.24) is 0 Å². The third-order valence-electron chi connectivity index (χ3n) is 2.20. The van der Waals surface area contributed by atoms with E-state index in [4.69, 9.17) is 0 Å². The Hall–Kier alpha value is -1.04. The highest BCUT2D eigenvalue weighted by Gasteiger charge is 1.99. The smallest absolute Gasteiger partial charge is 0.0219 e. The van der Waals surface area contributed by atoms with Crippen LogP contribution in [0.1, 0.15) is 36.5 Å². The highest BCUT2D eigenvalue weighted by molar-refractivity contribution is 5.31. The lowest BCUT2D eigenvalue weighted by Crippen LogP contribution is -1.89. The molecule has 1 aromatic carbocycles. The van der Waals surface area contributed by atoms with Crippen molar-refractivity contribution in [2.75, 3.05) is 0 Å². The fourth-order valence-electron chi connectivity index (χ4n) is 1.12. The zero-order valence-corrected chi connectivity index (χ0v) is 9.22. The van der Waals surface area contributed by atoms with Gasteiger partial charge in [-0.25, -0.2) is 0 Å². The lowest BCUT2D eigenvalue weighted by Gasteiger charge is -2.07. The van der Waals surface area contributed by atoms with Crippen LogP contribution in [0.2, 0.25) is 0 Å². The second-order valence-corrected chi connectivity index (χ2v) is 3.50. The van der Waals surface area contributed by atoms with E-state index in [1.165, 1.54) is 16.7 Å². The topological polar surface area (TPSA) is 0 Å². The van der Waals surface area contributed by atoms with E-state index in [0.29, 0.717) is 5.92 Å². The van der Waals surface area contributed by atoms with Gasteiger partial charge < -0.3 is 0 Å². The van der Waals surface area contributed by atoms with Gasteiger partial charge in [0.15, 0.2) is 0 Å². The third-order valence-corrected chi connectivity index (χ3v) is 2.20. The second-order valence-electron chi connectivity index (χ2n) is 3.50. The molecule has 0 aromatic heterocycles. The Bertz CT molecular complexity index is 259. The van der Waals surface area contributed by atoms with Gasteiger partial charge in [-0.3, -0.25) is 0 Å². The van der Waals surface area contributed by atoms with E-state index in [9.17, 15) is 0 Å². The van der Waals surface area contributed by atoms with Gasteiger partial charge in [0.1, 0.15) is 0 Å². The minimum absolute atomic E-state index is 0.647. The molecular formula is C13H20. The number of benzene rings is 1. The van der Waals surface area contributed by atoms with Crippen LogP contribution in [0.4, 0.5) is 0 Å². The van der Waals surface area contributed by atoms with E-state index in [-0.39, 0.29) is 0 Å². The van der Waals surface area contributed by atoms with E-state index < -0.39 is 0 Å². The molecule has 0 atom stereocenters. The molecule has 0 amide bonds. The van der Waals surface area contributed by atoms with Crippen LogP contribution >= 0.6 is 0 Å². The summed E-state index contributed by atoms with van der Waals surface area (Å²) in [6.45, 7) is 14.8. The van der Waals surface area contributed by atoms with Crippen molar-refractivity contribution in [3.8, 4) is 0 Å². The summed E-state index contributed by atoms with van der Waals surface area (Å²) in [7, 11) is 0. The molecule has 0 heterocycles. The molecular weight excluding hydrogens is 156 g/mol. The summed E-state index contributed by atoms with van der Waals surface area (Å²) < 4.78 is 0. The molecule has 0 unspecified atom stereocenters. The maximum absolute atomic E-state index is 3.00. The van der Waals surface area contributed by atoms with Crippen LogP contribution in [0.5, 0.6) is 0 Å². The van der Waals surface area contributed by atoms with E-state index in [1.54, 1.807) is 0 Å². The molecule has 0 fully saturated rings. The van der Waals surface area contributed by atoms with Gasteiger partial charge in [-0.15, -0.1) is 13.2 Å². The van der Waals surface area contributed by atoms with Crippen molar-refractivity contribution >= 4 is 0 Å². The minimum Gasteiger partial charge on any atom is -0.106 e. The van der Waals surface area contributed by atoms with Gasteiger partial charge in [-0.1, -0.05) is 32.0 Å². The van der Waals surface area contributed by atoms with Gasteiger partial charge >= 0.3 is 0 Å². The number of rotatable bonds is 1. The van der Waals surface area contributed by atoms with Crippen molar-refractivity contribution in [2.45, 2.75) is 33.6 Å². The number of hydrogen-bond donors (Lipinski definition) is 0. The third kappa shape index (κ3) is 3.45. The molecule has 0 radical (unpaired) electrons. The molecule has 72 valence electrons. The molecule has 0 saturated heterocycles. The SMILES string of the molecule is C=C.Cc1ccc(C(C)C)cc1C. The molecule has 0 nitrogen and oxygen atoms in total. The first-order valence-corrected chi connectivity index (χ1v) is 4.68. The lowest BCUT2D eigenvalue weighted by atomic mass is 9.99. The van der Waals surface area contributed by atoms with Crippen LogP contribution in [-0.2, 0) is 0 Å². The first-order valence-electron chi connectivity index (χ1n) is 4.68. The van der Waals surface area contributed by atoms with Gasteiger partial charge in [0.2, 0.25) is 0 Å². The molecule has 0 heteroatoms. The van der Waals surface area contributed by atoms with E-state index >= 15 is 0 Å². The average Bonchev–Trinajstić information content (AvgIpc) is 2.13. The van der Waals surface area contributed by atoms with Crippen LogP contribution in [0.25, 0.3) is 0 Å². The normalized spacial score (nSPS) is 9.31. The fourth-order valence-corrected chi connectivity index (χ4v) is 1.12. The maximum atomic E-state index is 3.00. The monoisotopic (exact) mass is 176 g/mol. The molecule has 0 spiro atoms. The molecule has 0 N–H and O–H groups in total. The highest BCUT2D eigenvalue weighted by Crippen LogP contribution is 2.17. The van der Waals surface area contributed by atoms with Crippen molar-refractivity contribution in [3.63, 3.8) is 0 Å². The van der Waals surface area contributed by atoms with Crippen LogP contribution in [0.15, 0.2) is 31.4 Å². The average molecular weight is 176 g/mol. The summed E-state index contributed by atoms with van der Waals surface area (Å²) in [6, 6.07) is 6.69. The predicted molar refractivity (Wildman–Crippen MR) is 61.3 cm³/mol. The predicted octanol–water partition coefficient (Wildman–Crippen LogP) is 4.23. The van der Waals surface area contributed by atoms with E-state index in [0.717, 1.165) is 0 Å². The van der Waals surface area contributed by atoms with Crippen LogP contribution in [0.3, 0.4) is 0 Å². The fraction of sp³-hybridized carbons (Fsp3) is 0.385. The van der Waals surface area contributed by atoms with Crippen molar-refractivity contribution in [2.24, 2.45) is 0 Å².